The van der Waals surface area contributed by atoms with Gasteiger partial charge in [-0.15, -0.1) is 0 Å². The average Bonchev–Trinajstić information content (AvgIpc) is 3.15. The number of benzene rings is 4. The molecule has 1 aromatic heterocycles. The number of primary amides is 1. The monoisotopic (exact) mass is 752 g/mol. The third kappa shape index (κ3) is 11.3. The first kappa shape index (κ1) is 40.2. The van der Waals surface area contributed by atoms with Crippen LogP contribution in [0, 0.1) is 6.92 Å². The molecule has 0 aliphatic carbocycles. The Hall–Kier alpha value is -5.96. The van der Waals surface area contributed by atoms with Crippen LogP contribution in [-0.4, -0.2) is 75.8 Å². The third-order valence-electron chi connectivity index (χ3n) is 8.44. The van der Waals surface area contributed by atoms with E-state index in [-0.39, 0.29) is 11.4 Å². The Kier molecular flexibility index (Phi) is 13.8. The number of anilines is 4. The number of carbonyl (C=O) groups excluding carboxylic acids is 2. The summed E-state index contributed by atoms with van der Waals surface area (Å²) in [6, 6.07) is 21.2. The van der Waals surface area contributed by atoms with Gasteiger partial charge in [0, 0.05) is 65.3 Å². The van der Waals surface area contributed by atoms with Crippen molar-refractivity contribution >= 4 is 45.7 Å². The normalized spacial score (nSPS) is 11.2. The average molecular weight is 753 g/mol. The molecule has 4 aromatic carbocycles. The van der Waals surface area contributed by atoms with Gasteiger partial charge < -0.3 is 50.1 Å². The molecule has 0 unspecified atom stereocenters. The summed E-state index contributed by atoms with van der Waals surface area (Å²) < 4.78 is 33.6. The Balaban J connectivity index is 1.26. The SMILES string of the molecule is COCCOCCOCCOc1cc(Nc2nccc(Oc3ccc(NC(=O)Nc4cc(C(C)(C)C)cc(C(N)=O)c4C)c4ccccc34)n2)cc(OC)c1. The van der Waals surface area contributed by atoms with Crippen LogP contribution in [0.2, 0.25) is 0 Å². The molecule has 290 valence electrons. The molecule has 0 bridgehead atoms. The Morgan fingerprint density at radius 2 is 1.47 bits per heavy atom. The van der Waals surface area contributed by atoms with Gasteiger partial charge in [0.25, 0.3) is 0 Å². The maximum atomic E-state index is 13.3. The first-order valence-electron chi connectivity index (χ1n) is 17.7. The first-order valence-corrected chi connectivity index (χ1v) is 17.7. The molecule has 0 fully saturated rings. The summed E-state index contributed by atoms with van der Waals surface area (Å²) in [6.45, 7) is 10.6. The molecule has 1 heterocycles. The summed E-state index contributed by atoms with van der Waals surface area (Å²) in [5.41, 5.74) is 8.90. The predicted molar refractivity (Wildman–Crippen MR) is 212 cm³/mol. The molecule has 14 nitrogen and oxygen atoms in total. The van der Waals surface area contributed by atoms with E-state index in [9.17, 15) is 9.59 Å². The molecular formula is C41H48N6O8. The van der Waals surface area contributed by atoms with Crippen molar-refractivity contribution in [1.29, 1.82) is 0 Å². The Morgan fingerprint density at radius 1 is 0.782 bits per heavy atom. The van der Waals surface area contributed by atoms with E-state index in [1.807, 2.05) is 57.2 Å². The molecule has 5 rings (SSSR count). The molecule has 14 heteroatoms. The largest absolute Gasteiger partial charge is 0.497 e. The van der Waals surface area contributed by atoms with Crippen molar-refractivity contribution in [3.05, 3.63) is 95.7 Å². The van der Waals surface area contributed by atoms with E-state index in [1.54, 1.807) is 63.7 Å². The molecule has 0 spiro atoms. The van der Waals surface area contributed by atoms with Crippen LogP contribution in [0.15, 0.2) is 79.0 Å². The minimum atomic E-state index is -0.561. The van der Waals surface area contributed by atoms with Crippen molar-refractivity contribution in [2.75, 3.05) is 69.8 Å². The standard InChI is InChI=1S/C41H48N6O8/c1-26-33(38(42)48)21-27(41(2,3)4)22-35(26)46-40(49)45-34-11-12-36(32-10-8-7-9-31(32)34)55-37-13-14-43-39(47-37)44-28-23-29(51-6)25-30(24-28)54-20-19-53-18-17-52-16-15-50-5/h7-14,21-25H,15-20H2,1-6H3,(H2,42,48)(H,43,44,47)(H2,45,46,49). The van der Waals surface area contributed by atoms with E-state index in [1.165, 1.54) is 0 Å². The summed E-state index contributed by atoms with van der Waals surface area (Å²) >= 11 is 0. The molecule has 5 N–H and O–H groups in total. The van der Waals surface area contributed by atoms with Crippen molar-refractivity contribution in [2.45, 2.75) is 33.1 Å². The number of ether oxygens (including phenoxy) is 6. The minimum absolute atomic E-state index is 0.276. The van der Waals surface area contributed by atoms with Crippen LogP contribution in [0.4, 0.5) is 27.8 Å². The molecule has 0 saturated heterocycles. The first-order chi connectivity index (χ1) is 26.4. The lowest BCUT2D eigenvalue weighted by Gasteiger charge is -2.23. The van der Waals surface area contributed by atoms with Crippen LogP contribution in [-0.2, 0) is 19.6 Å². The van der Waals surface area contributed by atoms with Crippen LogP contribution in [0.1, 0.15) is 42.3 Å². The highest BCUT2D eigenvalue weighted by atomic mass is 16.6. The van der Waals surface area contributed by atoms with Crippen LogP contribution >= 0.6 is 0 Å². The van der Waals surface area contributed by atoms with E-state index >= 15 is 0 Å². The summed E-state index contributed by atoms with van der Waals surface area (Å²) in [4.78, 5) is 34.5. The van der Waals surface area contributed by atoms with Crippen molar-refractivity contribution in [2.24, 2.45) is 5.73 Å². The van der Waals surface area contributed by atoms with E-state index in [0.29, 0.717) is 91.0 Å². The fourth-order valence-corrected chi connectivity index (χ4v) is 5.51. The maximum Gasteiger partial charge on any atom is 0.323 e. The second kappa shape index (κ2) is 18.9. The second-order valence-corrected chi connectivity index (χ2v) is 13.5. The molecule has 0 aliphatic rings. The van der Waals surface area contributed by atoms with Crippen molar-refractivity contribution in [3.63, 3.8) is 0 Å². The molecule has 0 aliphatic heterocycles. The van der Waals surface area contributed by atoms with Crippen LogP contribution in [0.3, 0.4) is 0 Å². The van der Waals surface area contributed by atoms with Gasteiger partial charge in [-0.25, -0.2) is 9.78 Å². The number of hydrogen-bond donors (Lipinski definition) is 4. The molecule has 55 heavy (non-hydrogen) atoms. The highest BCUT2D eigenvalue weighted by molar-refractivity contribution is 6.08. The lowest BCUT2D eigenvalue weighted by molar-refractivity contribution is 0.0179. The lowest BCUT2D eigenvalue weighted by atomic mass is 9.84. The van der Waals surface area contributed by atoms with Gasteiger partial charge in [-0.2, -0.15) is 4.98 Å². The Bertz CT molecular complexity index is 2100. The number of amides is 3. The van der Waals surface area contributed by atoms with Crippen LogP contribution in [0.5, 0.6) is 23.1 Å². The van der Waals surface area contributed by atoms with E-state index < -0.39 is 11.9 Å². The summed E-state index contributed by atoms with van der Waals surface area (Å²) in [7, 11) is 3.20. The zero-order valence-electron chi connectivity index (χ0n) is 32.0. The number of hydrogen-bond acceptors (Lipinski definition) is 11. The molecule has 3 amide bonds. The number of nitrogens with two attached hydrogens (primary N) is 1. The number of aromatic nitrogens is 2. The number of urea groups is 1. The van der Waals surface area contributed by atoms with Gasteiger partial charge >= 0.3 is 6.03 Å². The maximum absolute atomic E-state index is 13.3. The van der Waals surface area contributed by atoms with Crippen molar-refractivity contribution in [1.82, 2.24) is 9.97 Å². The number of nitrogens with zero attached hydrogens (tertiary/aromatic N) is 2. The number of nitrogens with one attached hydrogen (secondary N) is 3. The van der Waals surface area contributed by atoms with E-state index in [0.717, 1.165) is 16.3 Å². The van der Waals surface area contributed by atoms with E-state index in [4.69, 9.17) is 34.2 Å². The van der Waals surface area contributed by atoms with Crippen LogP contribution in [0.25, 0.3) is 10.8 Å². The predicted octanol–water partition coefficient (Wildman–Crippen LogP) is 7.58. The third-order valence-corrected chi connectivity index (χ3v) is 8.44. The minimum Gasteiger partial charge on any atom is -0.497 e. The second-order valence-electron chi connectivity index (χ2n) is 13.5. The van der Waals surface area contributed by atoms with Gasteiger partial charge in [0.15, 0.2) is 0 Å². The lowest BCUT2D eigenvalue weighted by Crippen LogP contribution is -2.23. The van der Waals surface area contributed by atoms with Gasteiger partial charge in [0.2, 0.25) is 17.7 Å². The quantitative estimate of drug-likeness (QED) is 0.0649. The number of carbonyl (C=O) groups is 2. The van der Waals surface area contributed by atoms with Gasteiger partial charge in [-0.05, 0) is 47.7 Å². The number of fused-ring (bicyclic) bond motifs is 1. The highest BCUT2D eigenvalue weighted by Gasteiger charge is 2.21. The van der Waals surface area contributed by atoms with Gasteiger partial charge in [-0.3, -0.25) is 4.79 Å². The Labute approximate surface area is 320 Å². The number of rotatable bonds is 18. The molecule has 0 saturated carbocycles. The zero-order valence-corrected chi connectivity index (χ0v) is 32.0. The highest BCUT2D eigenvalue weighted by Crippen LogP contribution is 2.35. The van der Waals surface area contributed by atoms with E-state index in [2.05, 4.69) is 25.9 Å². The summed E-state index contributed by atoms with van der Waals surface area (Å²) in [5, 5.41) is 10.5. The topological polar surface area (TPSA) is 177 Å². The number of methoxy groups -OCH3 is 2. The smallest absolute Gasteiger partial charge is 0.323 e. The van der Waals surface area contributed by atoms with Gasteiger partial charge in [0.1, 0.15) is 23.9 Å². The van der Waals surface area contributed by atoms with Crippen molar-refractivity contribution in [3.8, 4) is 23.1 Å². The molecule has 0 radical (unpaired) electrons. The fraction of sp³-hybridized carbons (Fsp3) is 0.317. The van der Waals surface area contributed by atoms with Crippen molar-refractivity contribution < 1.29 is 38.0 Å². The van der Waals surface area contributed by atoms with Gasteiger partial charge in [0.05, 0.1) is 45.8 Å². The fourth-order valence-electron chi connectivity index (χ4n) is 5.51. The molecule has 0 atom stereocenters. The zero-order chi connectivity index (χ0) is 39.4. The van der Waals surface area contributed by atoms with Crippen LogP contribution < -0.4 is 35.9 Å². The van der Waals surface area contributed by atoms with Gasteiger partial charge in [-0.1, -0.05) is 45.0 Å². The summed E-state index contributed by atoms with van der Waals surface area (Å²) in [6.07, 6.45) is 1.58. The molecular weight excluding hydrogens is 704 g/mol. The summed E-state index contributed by atoms with van der Waals surface area (Å²) in [5.74, 6) is 1.70. The molecule has 5 aromatic rings. The Morgan fingerprint density at radius 3 is 2.18 bits per heavy atom.